The molecule has 0 fully saturated rings. The van der Waals surface area contributed by atoms with Gasteiger partial charge in [0.25, 0.3) is 5.91 Å². The van der Waals surface area contributed by atoms with Crippen LogP contribution in [-0.2, 0) is 25.8 Å². The highest BCUT2D eigenvalue weighted by Crippen LogP contribution is 2.30. The van der Waals surface area contributed by atoms with Crippen molar-refractivity contribution in [3.63, 3.8) is 0 Å². The van der Waals surface area contributed by atoms with Crippen molar-refractivity contribution in [2.75, 3.05) is 5.32 Å². The summed E-state index contributed by atoms with van der Waals surface area (Å²) >= 11 is 1.61. The summed E-state index contributed by atoms with van der Waals surface area (Å²) in [5.41, 5.74) is 2.56. The minimum Gasteiger partial charge on any atom is -0.304 e. The Balaban J connectivity index is 1.37. The Morgan fingerprint density at radius 1 is 1.25 bits per heavy atom. The number of nitrogens with zero attached hydrogens (tertiary/aromatic N) is 3. The number of thiophene rings is 1. The van der Waals surface area contributed by atoms with E-state index in [-0.39, 0.29) is 5.91 Å². The van der Waals surface area contributed by atoms with E-state index in [4.69, 9.17) is 0 Å². The molecule has 0 unspecified atom stereocenters. The van der Waals surface area contributed by atoms with Gasteiger partial charge in [-0.25, -0.2) is 0 Å². The van der Waals surface area contributed by atoms with Crippen molar-refractivity contribution in [2.45, 2.75) is 32.2 Å². The third-order valence-electron chi connectivity index (χ3n) is 4.23. The lowest BCUT2D eigenvalue weighted by molar-refractivity contribution is 0.103. The number of aromatic nitrogens is 3. The van der Waals surface area contributed by atoms with E-state index in [0.29, 0.717) is 5.82 Å². The van der Waals surface area contributed by atoms with Crippen molar-refractivity contribution in [1.82, 2.24) is 14.8 Å². The summed E-state index contributed by atoms with van der Waals surface area (Å²) in [6, 6.07) is 7.87. The van der Waals surface area contributed by atoms with Crippen LogP contribution >= 0.6 is 11.3 Å². The maximum atomic E-state index is 12.4. The first kappa shape index (κ1) is 15.1. The molecule has 6 heteroatoms. The standard InChI is InChI=1S/C18H18N4OS/c23-18(16-12-14-2-1-3-15(14)24-16)20-17-7-11-22(21-17)10-6-13-4-8-19-9-5-13/h4-5,7-9,11-12H,1-3,6,10H2,(H,20,21,23). The fourth-order valence-corrected chi connectivity index (χ4v) is 4.11. The predicted octanol–water partition coefficient (Wildman–Crippen LogP) is 3.32. The molecule has 0 radical (unpaired) electrons. The van der Waals surface area contributed by atoms with Crippen molar-refractivity contribution >= 4 is 23.1 Å². The molecule has 0 bridgehead atoms. The number of hydrogen-bond donors (Lipinski definition) is 1. The molecule has 3 aromatic heterocycles. The molecule has 5 nitrogen and oxygen atoms in total. The van der Waals surface area contributed by atoms with Crippen LogP contribution in [0.1, 0.15) is 32.1 Å². The van der Waals surface area contributed by atoms with Gasteiger partial charge in [0.15, 0.2) is 5.82 Å². The molecule has 4 rings (SSSR count). The SMILES string of the molecule is O=C(Nc1ccn(CCc2ccncc2)n1)c1cc2c(s1)CCC2. The second-order valence-corrected chi connectivity index (χ2v) is 7.07. The van der Waals surface area contributed by atoms with Crippen molar-refractivity contribution in [3.05, 3.63) is 63.7 Å². The first-order valence-corrected chi connectivity index (χ1v) is 8.95. The third-order valence-corrected chi connectivity index (χ3v) is 5.47. The molecule has 1 aliphatic rings. The average Bonchev–Trinajstić information content (AvgIpc) is 3.29. The normalized spacial score (nSPS) is 13.0. The molecule has 1 aliphatic carbocycles. The van der Waals surface area contributed by atoms with Crippen LogP contribution in [-0.4, -0.2) is 20.7 Å². The van der Waals surface area contributed by atoms with Gasteiger partial charge in [0.05, 0.1) is 4.88 Å². The van der Waals surface area contributed by atoms with Gasteiger partial charge in [-0.05, 0) is 55.0 Å². The third kappa shape index (κ3) is 3.23. The quantitative estimate of drug-likeness (QED) is 0.776. The summed E-state index contributed by atoms with van der Waals surface area (Å²) < 4.78 is 1.85. The molecular weight excluding hydrogens is 320 g/mol. The number of carbonyl (C=O) groups excluding carboxylic acids is 1. The number of nitrogens with one attached hydrogen (secondary N) is 1. The number of fused-ring (bicyclic) bond motifs is 1. The average molecular weight is 338 g/mol. The molecule has 0 saturated carbocycles. The fraction of sp³-hybridized carbons (Fsp3) is 0.278. The molecule has 0 aromatic carbocycles. The number of carbonyl (C=O) groups is 1. The molecule has 0 saturated heterocycles. The summed E-state index contributed by atoms with van der Waals surface area (Å²) in [7, 11) is 0. The van der Waals surface area contributed by atoms with E-state index in [1.807, 2.05) is 35.1 Å². The van der Waals surface area contributed by atoms with Gasteiger partial charge in [-0.3, -0.25) is 14.5 Å². The minimum atomic E-state index is -0.0613. The van der Waals surface area contributed by atoms with E-state index in [0.717, 1.165) is 30.7 Å². The lowest BCUT2D eigenvalue weighted by Crippen LogP contribution is -2.11. The molecule has 0 atom stereocenters. The lowest BCUT2D eigenvalue weighted by Gasteiger charge is -2.02. The molecule has 1 amide bonds. The number of amides is 1. The fourth-order valence-electron chi connectivity index (χ4n) is 2.96. The number of aryl methyl sites for hydroxylation is 4. The zero-order valence-electron chi connectivity index (χ0n) is 13.2. The van der Waals surface area contributed by atoms with Gasteiger partial charge in [-0.1, -0.05) is 0 Å². The smallest absolute Gasteiger partial charge is 0.266 e. The van der Waals surface area contributed by atoms with Gasteiger partial charge >= 0.3 is 0 Å². The van der Waals surface area contributed by atoms with Crippen LogP contribution in [0, 0.1) is 0 Å². The summed E-state index contributed by atoms with van der Waals surface area (Å²) in [6.07, 6.45) is 9.79. The molecule has 1 N–H and O–H groups in total. The monoisotopic (exact) mass is 338 g/mol. The second-order valence-electron chi connectivity index (χ2n) is 5.94. The van der Waals surface area contributed by atoms with Gasteiger partial charge < -0.3 is 5.32 Å². The van der Waals surface area contributed by atoms with Gasteiger partial charge in [0.2, 0.25) is 0 Å². The zero-order valence-corrected chi connectivity index (χ0v) is 14.1. The molecule has 3 aromatic rings. The Hall–Kier alpha value is -2.47. The largest absolute Gasteiger partial charge is 0.304 e. The number of rotatable bonds is 5. The zero-order chi connectivity index (χ0) is 16.4. The van der Waals surface area contributed by atoms with Crippen LogP contribution in [0.4, 0.5) is 5.82 Å². The highest BCUT2D eigenvalue weighted by Gasteiger charge is 2.18. The van der Waals surface area contributed by atoms with Crippen LogP contribution in [0.3, 0.4) is 0 Å². The van der Waals surface area contributed by atoms with Crippen LogP contribution in [0.5, 0.6) is 0 Å². The number of anilines is 1. The Bertz CT molecular complexity index is 832. The Morgan fingerprint density at radius 2 is 2.12 bits per heavy atom. The van der Waals surface area contributed by atoms with E-state index in [1.54, 1.807) is 23.7 Å². The van der Waals surface area contributed by atoms with Crippen molar-refractivity contribution in [1.29, 1.82) is 0 Å². The summed E-state index contributed by atoms with van der Waals surface area (Å²) in [5, 5.41) is 7.32. The van der Waals surface area contributed by atoms with Gasteiger partial charge in [-0.15, -0.1) is 11.3 Å². The molecule has 3 heterocycles. The van der Waals surface area contributed by atoms with E-state index in [2.05, 4.69) is 15.4 Å². The molecular formula is C18H18N4OS. The second kappa shape index (κ2) is 6.57. The van der Waals surface area contributed by atoms with E-state index >= 15 is 0 Å². The predicted molar refractivity (Wildman–Crippen MR) is 94.5 cm³/mol. The lowest BCUT2D eigenvalue weighted by atomic mass is 10.2. The van der Waals surface area contributed by atoms with E-state index in [9.17, 15) is 4.79 Å². The Kier molecular flexibility index (Phi) is 4.13. The van der Waals surface area contributed by atoms with Crippen LogP contribution in [0.25, 0.3) is 0 Å². The van der Waals surface area contributed by atoms with Gasteiger partial charge in [-0.2, -0.15) is 5.10 Å². The van der Waals surface area contributed by atoms with E-state index < -0.39 is 0 Å². The van der Waals surface area contributed by atoms with Crippen molar-refractivity contribution in [3.8, 4) is 0 Å². The highest BCUT2D eigenvalue weighted by atomic mass is 32.1. The minimum absolute atomic E-state index is 0.0613. The van der Waals surface area contributed by atoms with Crippen molar-refractivity contribution in [2.24, 2.45) is 0 Å². The first-order chi connectivity index (χ1) is 11.8. The Morgan fingerprint density at radius 3 is 2.96 bits per heavy atom. The Labute approximate surface area is 144 Å². The van der Waals surface area contributed by atoms with Gasteiger partial charge in [0.1, 0.15) is 0 Å². The van der Waals surface area contributed by atoms with Crippen LogP contribution in [0.15, 0.2) is 42.9 Å². The highest BCUT2D eigenvalue weighted by molar-refractivity contribution is 7.14. The maximum absolute atomic E-state index is 12.4. The van der Waals surface area contributed by atoms with Crippen molar-refractivity contribution < 1.29 is 4.79 Å². The number of hydrogen-bond acceptors (Lipinski definition) is 4. The first-order valence-electron chi connectivity index (χ1n) is 8.13. The summed E-state index contributed by atoms with van der Waals surface area (Å²) in [6.45, 7) is 0.771. The molecule has 0 spiro atoms. The van der Waals surface area contributed by atoms with Crippen LogP contribution < -0.4 is 5.32 Å². The maximum Gasteiger partial charge on any atom is 0.266 e. The molecule has 0 aliphatic heterocycles. The van der Waals surface area contributed by atoms with Crippen LogP contribution in [0.2, 0.25) is 0 Å². The topological polar surface area (TPSA) is 59.8 Å². The molecule has 122 valence electrons. The summed E-state index contributed by atoms with van der Waals surface area (Å²) in [4.78, 5) is 18.5. The number of pyridine rings is 1. The molecule has 24 heavy (non-hydrogen) atoms. The summed E-state index contributed by atoms with van der Waals surface area (Å²) in [5.74, 6) is 0.539. The van der Waals surface area contributed by atoms with E-state index in [1.165, 1.54) is 22.4 Å². The van der Waals surface area contributed by atoms with Gasteiger partial charge in [0, 0.05) is 36.1 Å².